The third kappa shape index (κ3) is 4.13. The van der Waals surface area contributed by atoms with Crippen LogP contribution in [-0.4, -0.2) is 34.2 Å². The van der Waals surface area contributed by atoms with Crippen LogP contribution in [0, 0.1) is 0 Å². The summed E-state index contributed by atoms with van der Waals surface area (Å²) in [5.74, 6) is -1.16. The lowest BCUT2D eigenvalue weighted by atomic mass is 9.94. The number of rotatable bonds is 6. The van der Waals surface area contributed by atoms with E-state index in [0.29, 0.717) is 16.8 Å². The topological polar surface area (TPSA) is 105 Å². The number of imide groups is 1. The number of nitrogens with one attached hydrogen (secondary N) is 3. The van der Waals surface area contributed by atoms with Crippen molar-refractivity contribution in [3.8, 4) is 11.1 Å². The molecule has 35 heavy (non-hydrogen) atoms. The van der Waals surface area contributed by atoms with E-state index >= 15 is 0 Å². The first-order valence-electron chi connectivity index (χ1n) is 10.9. The highest BCUT2D eigenvalue weighted by Crippen LogP contribution is 2.38. The molecule has 2 fully saturated rings. The fraction of sp³-hybridized carbons (Fsp3) is 0.250. The number of amides is 4. The second-order valence-electron chi connectivity index (χ2n) is 8.51. The van der Waals surface area contributed by atoms with Crippen molar-refractivity contribution in [1.82, 2.24) is 25.7 Å². The van der Waals surface area contributed by atoms with Crippen molar-refractivity contribution < 1.29 is 27.6 Å². The van der Waals surface area contributed by atoms with Gasteiger partial charge >= 0.3 is 12.2 Å². The molecule has 4 amide bonds. The lowest BCUT2D eigenvalue weighted by Crippen LogP contribution is -2.53. The fourth-order valence-corrected chi connectivity index (χ4v) is 4.23. The molecule has 0 bridgehead atoms. The van der Waals surface area contributed by atoms with Crippen LogP contribution < -0.4 is 16.0 Å². The SMILES string of the molecule is O=C1NC(=O)C(CNC(=O)c2ccccc2-c2ccc(C(F)(F)F)cc2)(c2ccnn2C2CC2)N1. The van der Waals surface area contributed by atoms with Crippen LogP contribution in [0.1, 0.15) is 40.5 Å². The highest BCUT2D eigenvalue weighted by molar-refractivity contribution is 6.08. The zero-order valence-corrected chi connectivity index (χ0v) is 18.2. The van der Waals surface area contributed by atoms with Gasteiger partial charge in [0.1, 0.15) is 0 Å². The van der Waals surface area contributed by atoms with Crippen molar-refractivity contribution in [2.24, 2.45) is 0 Å². The third-order valence-corrected chi connectivity index (χ3v) is 6.15. The van der Waals surface area contributed by atoms with Crippen molar-refractivity contribution >= 4 is 17.8 Å². The number of carbonyl (C=O) groups is 3. The summed E-state index contributed by atoms with van der Waals surface area (Å²) in [5.41, 5.74) is -0.814. The average Bonchev–Trinajstić information content (AvgIpc) is 3.48. The summed E-state index contributed by atoms with van der Waals surface area (Å²) in [4.78, 5) is 38.1. The number of benzene rings is 2. The fourth-order valence-electron chi connectivity index (χ4n) is 4.23. The van der Waals surface area contributed by atoms with Gasteiger partial charge in [0.15, 0.2) is 5.54 Å². The Labute approximate surface area is 197 Å². The van der Waals surface area contributed by atoms with E-state index < -0.39 is 35.1 Å². The van der Waals surface area contributed by atoms with Crippen molar-refractivity contribution in [3.63, 3.8) is 0 Å². The Morgan fingerprint density at radius 3 is 2.43 bits per heavy atom. The number of halogens is 3. The largest absolute Gasteiger partial charge is 0.416 e. The van der Waals surface area contributed by atoms with Crippen LogP contribution in [0.5, 0.6) is 0 Å². The van der Waals surface area contributed by atoms with Crippen LogP contribution in [0.25, 0.3) is 11.1 Å². The van der Waals surface area contributed by atoms with E-state index in [-0.39, 0.29) is 18.2 Å². The van der Waals surface area contributed by atoms with E-state index in [1.807, 2.05) is 0 Å². The predicted molar refractivity (Wildman–Crippen MR) is 118 cm³/mol. The number of hydrogen-bond acceptors (Lipinski definition) is 4. The molecule has 1 unspecified atom stereocenters. The van der Waals surface area contributed by atoms with Gasteiger partial charge in [0.05, 0.1) is 23.8 Å². The first kappa shape index (κ1) is 22.6. The van der Waals surface area contributed by atoms with Gasteiger partial charge in [-0.1, -0.05) is 30.3 Å². The molecule has 0 radical (unpaired) electrons. The number of hydrogen-bond donors (Lipinski definition) is 3. The lowest BCUT2D eigenvalue weighted by Gasteiger charge is -2.27. The number of nitrogens with zero attached hydrogens (tertiary/aromatic N) is 2. The highest BCUT2D eigenvalue weighted by atomic mass is 19.4. The van der Waals surface area contributed by atoms with Crippen LogP contribution in [0.3, 0.4) is 0 Å². The Kier molecular flexibility index (Phi) is 5.34. The van der Waals surface area contributed by atoms with Gasteiger partial charge in [-0.2, -0.15) is 18.3 Å². The van der Waals surface area contributed by atoms with E-state index in [0.717, 1.165) is 25.0 Å². The third-order valence-electron chi connectivity index (χ3n) is 6.15. The van der Waals surface area contributed by atoms with Crippen molar-refractivity contribution in [1.29, 1.82) is 0 Å². The van der Waals surface area contributed by atoms with Gasteiger partial charge in [-0.25, -0.2) is 4.79 Å². The quantitative estimate of drug-likeness (QED) is 0.468. The van der Waals surface area contributed by atoms with Gasteiger partial charge in [-0.3, -0.25) is 19.6 Å². The summed E-state index contributed by atoms with van der Waals surface area (Å²) in [6.45, 7) is -0.247. The predicted octanol–water partition coefficient (Wildman–Crippen LogP) is 3.37. The molecule has 11 heteroatoms. The van der Waals surface area contributed by atoms with Gasteiger partial charge in [0.2, 0.25) is 0 Å². The van der Waals surface area contributed by atoms with Crippen LogP contribution in [0.2, 0.25) is 0 Å². The molecule has 1 atom stereocenters. The Balaban J connectivity index is 1.42. The number of carbonyl (C=O) groups excluding carboxylic acids is 3. The minimum Gasteiger partial charge on any atom is -0.349 e. The summed E-state index contributed by atoms with van der Waals surface area (Å²) in [7, 11) is 0. The van der Waals surface area contributed by atoms with Crippen LogP contribution in [-0.2, 0) is 16.5 Å². The van der Waals surface area contributed by atoms with E-state index in [4.69, 9.17) is 0 Å². The van der Waals surface area contributed by atoms with Crippen LogP contribution in [0.15, 0.2) is 60.8 Å². The molecule has 1 aliphatic carbocycles. The van der Waals surface area contributed by atoms with Gasteiger partial charge < -0.3 is 10.6 Å². The summed E-state index contributed by atoms with van der Waals surface area (Å²) in [6, 6.07) is 12.0. The smallest absolute Gasteiger partial charge is 0.349 e. The number of alkyl halides is 3. The first-order chi connectivity index (χ1) is 16.7. The Hall–Kier alpha value is -4.15. The first-order valence-corrected chi connectivity index (χ1v) is 10.9. The van der Waals surface area contributed by atoms with E-state index in [1.54, 1.807) is 28.9 Å². The van der Waals surface area contributed by atoms with E-state index in [1.165, 1.54) is 24.4 Å². The molecule has 1 aromatic heterocycles. The minimum absolute atomic E-state index is 0.123. The van der Waals surface area contributed by atoms with Gasteiger partial charge in [-0.05, 0) is 48.2 Å². The summed E-state index contributed by atoms with van der Waals surface area (Å²) in [5, 5.41) is 11.9. The van der Waals surface area contributed by atoms with E-state index in [2.05, 4.69) is 21.0 Å². The Morgan fingerprint density at radius 1 is 1.09 bits per heavy atom. The molecule has 1 saturated carbocycles. The average molecular weight is 483 g/mol. The molecule has 2 aromatic carbocycles. The molecule has 1 aliphatic heterocycles. The molecule has 2 aliphatic rings. The molecule has 0 spiro atoms. The molecule has 3 N–H and O–H groups in total. The molecule has 2 heterocycles. The van der Waals surface area contributed by atoms with Crippen molar-refractivity contribution in [2.45, 2.75) is 30.6 Å². The van der Waals surface area contributed by atoms with Crippen molar-refractivity contribution in [2.75, 3.05) is 6.54 Å². The summed E-state index contributed by atoms with van der Waals surface area (Å²) < 4.78 is 40.5. The molecular formula is C24H20F3N5O3. The molecule has 5 rings (SSSR count). The number of aromatic nitrogens is 2. The Morgan fingerprint density at radius 2 is 1.80 bits per heavy atom. The zero-order chi connectivity index (χ0) is 24.8. The second kappa shape index (κ2) is 8.26. The number of urea groups is 1. The Bertz CT molecular complexity index is 1310. The molecule has 8 nitrogen and oxygen atoms in total. The zero-order valence-electron chi connectivity index (χ0n) is 18.2. The van der Waals surface area contributed by atoms with Crippen LogP contribution in [0.4, 0.5) is 18.0 Å². The van der Waals surface area contributed by atoms with Gasteiger partial charge in [-0.15, -0.1) is 0 Å². The second-order valence-corrected chi connectivity index (χ2v) is 8.51. The standard InChI is InChI=1S/C24H20F3N5O3/c25-24(26,27)15-7-5-14(6-8-15)17-3-1-2-4-18(17)20(33)28-13-23(21(34)30-22(35)31-23)19-11-12-29-32(19)16-9-10-16/h1-8,11-12,16H,9-10,13H2,(H,28,33)(H2,30,31,34,35). The molecular weight excluding hydrogens is 463 g/mol. The maximum absolute atomic E-state index is 13.2. The monoisotopic (exact) mass is 483 g/mol. The summed E-state index contributed by atoms with van der Waals surface area (Å²) >= 11 is 0. The van der Waals surface area contributed by atoms with Crippen LogP contribution >= 0.6 is 0 Å². The minimum atomic E-state index is -4.47. The highest BCUT2D eigenvalue weighted by Gasteiger charge is 2.51. The van der Waals surface area contributed by atoms with E-state index in [9.17, 15) is 27.6 Å². The molecule has 3 aromatic rings. The van der Waals surface area contributed by atoms with Gasteiger partial charge in [0.25, 0.3) is 11.8 Å². The van der Waals surface area contributed by atoms with Gasteiger partial charge in [0, 0.05) is 11.8 Å². The maximum Gasteiger partial charge on any atom is 0.416 e. The van der Waals surface area contributed by atoms with Crippen molar-refractivity contribution in [3.05, 3.63) is 77.6 Å². The summed E-state index contributed by atoms with van der Waals surface area (Å²) in [6.07, 6.45) is -1.14. The maximum atomic E-state index is 13.2. The normalized spacial score (nSPS) is 19.9. The lowest BCUT2D eigenvalue weighted by molar-refractivity contribution is -0.137. The molecule has 1 saturated heterocycles. The molecule has 180 valence electrons.